The minimum Gasteiger partial charge on any atom is -0.322 e. The summed E-state index contributed by atoms with van der Waals surface area (Å²) < 4.78 is 27.7. The number of hydrogen-bond acceptors (Lipinski definition) is 3. The van der Waals surface area contributed by atoms with E-state index in [4.69, 9.17) is 0 Å². The van der Waals surface area contributed by atoms with Gasteiger partial charge in [-0.15, -0.1) is 0 Å². The average Bonchev–Trinajstić information content (AvgIpc) is 3.44. The number of piperidine rings is 1. The van der Waals surface area contributed by atoms with E-state index < -0.39 is 5.54 Å². The summed E-state index contributed by atoms with van der Waals surface area (Å²) in [4.78, 5) is 30.7. The Kier molecular flexibility index (Phi) is 6.38. The maximum Gasteiger partial charge on any atom is 0.325 e. The van der Waals surface area contributed by atoms with Crippen molar-refractivity contribution in [3.63, 3.8) is 0 Å². The van der Waals surface area contributed by atoms with Crippen LogP contribution in [0.3, 0.4) is 0 Å². The normalized spacial score (nSPS) is 24.7. The molecule has 2 aromatic rings. The van der Waals surface area contributed by atoms with Crippen LogP contribution in [0.1, 0.15) is 49.7 Å². The summed E-state index contributed by atoms with van der Waals surface area (Å²) in [5.74, 6) is -0.713. The van der Waals surface area contributed by atoms with Gasteiger partial charge in [-0.05, 0) is 68.5 Å². The van der Waals surface area contributed by atoms with Gasteiger partial charge in [0.1, 0.15) is 17.2 Å². The van der Waals surface area contributed by atoms with E-state index in [1.807, 2.05) is 6.07 Å². The highest BCUT2D eigenvalue weighted by molar-refractivity contribution is 6.07. The van der Waals surface area contributed by atoms with Gasteiger partial charge in [0.25, 0.3) is 5.91 Å². The molecule has 0 spiro atoms. The number of urea groups is 1. The molecule has 2 saturated heterocycles. The topological polar surface area (TPSA) is 52.7 Å². The number of hydrogen-bond donors (Lipinski definition) is 1. The van der Waals surface area contributed by atoms with Crippen LogP contribution in [0.5, 0.6) is 0 Å². The van der Waals surface area contributed by atoms with Crippen LogP contribution in [0.25, 0.3) is 0 Å². The summed E-state index contributed by atoms with van der Waals surface area (Å²) in [6, 6.07) is 12.7. The number of imide groups is 1. The number of rotatable bonds is 6. The lowest BCUT2D eigenvalue weighted by molar-refractivity contribution is -0.135. The van der Waals surface area contributed by atoms with Crippen LogP contribution >= 0.6 is 0 Å². The van der Waals surface area contributed by atoms with Crippen LogP contribution in [-0.2, 0) is 17.8 Å². The second-order valence-electron chi connectivity index (χ2n) is 9.96. The van der Waals surface area contributed by atoms with E-state index in [1.165, 1.54) is 23.1 Å². The summed E-state index contributed by atoms with van der Waals surface area (Å²) in [5, 5.41) is 3.12. The van der Waals surface area contributed by atoms with E-state index in [-0.39, 0.29) is 35.5 Å². The largest absolute Gasteiger partial charge is 0.325 e. The molecule has 34 heavy (non-hydrogen) atoms. The molecule has 2 aromatic carbocycles. The van der Waals surface area contributed by atoms with Crippen molar-refractivity contribution in [1.82, 2.24) is 15.1 Å². The Morgan fingerprint density at radius 3 is 2.26 bits per heavy atom. The summed E-state index contributed by atoms with van der Waals surface area (Å²) in [7, 11) is 0. The standard InChI is InChI=1S/C27H31F2N3O2/c28-22-11-9-19(10-12-22)17-27(25(33)32(26(34)30-27)23-6-2-3-7-23)21-13-15-31(16-14-21)18-20-5-1-4-8-24(20)29/h1,4-5,8-12,21,23H,2-3,6-7,13-18H2,(H,30,34)/t27-/m1/s1. The molecule has 5 nitrogen and oxygen atoms in total. The van der Waals surface area contributed by atoms with Crippen LogP contribution in [-0.4, -0.2) is 46.4 Å². The number of nitrogens with zero attached hydrogens (tertiary/aromatic N) is 2. The minimum absolute atomic E-state index is 0.0382. The first kappa shape index (κ1) is 23.0. The number of carbonyl (C=O) groups is 2. The number of halogens is 2. The Bertz CT molecular complexity index is 1050. The van der Waals surface area contributed by atoms with E-state index in [9.17, 15) is 18.4 Å². The first-order chi connectivity index (χ1) is 16.5. The number of carbonyl (C=O) groups excluding carboxylic acids is 2. The third-order valence-electron chi connectivity index (χ3n) is 7.87. The molecular formula is C27H31F2N3O2. The maximum absolute atomic E-state index is 14.1. The molecule has 1 N–H and O–H groups in total. The van der Waals surface area contributed by atoms with Crippen molar-refractivity contribution in [3.05, 3.63) is 71.3 Å². The molecule has 1 aliphatic carbocycles. The van der Waals surface area contributed by atoms with E-state index in [1.54, 1.807) is 24.3 Å². The molecular weight excluding hydrogens is 436 g/mol. The van der Waals surface area contributed by atoms with Gasteiger partial charge < -0.3 is 5.32 Å². The zero-order chi connectivity index (χ0) is 23.7. The number of nitrogens with one attached hydrogen (secondary N) is 1. The van der Waals surface area contributed by atoms with E-state index in [2.05, 4.69) is 10.2 Å². The summed E-state index contributed by atoms with van der Waals surface area (Å²) in [5.41, 5.74) is 0.471. The van der Waals surface area contributed by atoms with Crippen molar-refractivity contribution >= 4 is 11.9 Å². The van der Waals surface area contributed by atoms with Gasteiger partial charge >= 0.3 is 6.03 Å². The summed E-state index contributed by atoms with van der Waals surface area (Å²) in [6.07, 6.45) is 5.56. The second kappa shape index (κ2) is 9.45. The van der Waals surface area contributed by atoms with Crippen molar-refractivity contribution in [2.45, 2.75) is 63.1 Å². The molecule has 1 atom stereocenters. The van der Waals surface area contributed by atoms with Crippen molar-refractivity contribution in [2.75, 3.05) is 13.1 Å². The van der Waals surface area contributed by atoms with Gasteiger partial charge in [0.2, 0.25) is 0 Å². The molecule has 5 rings (SSSR count). The molecule has 3 amide bonds. The van der Waals surface area contributed by atoms with Crippen LogP contribution in [0.15, 0.2) is 48.5 Å². The Hall–Kier alpha value is -2.80. The van der Waals surface area contributed by atoms with Crippen molar-refractivity contribution in [2.24, 2.45) is 5.92 Å². The second-order valence-corrected chi connectivity index (χ2v) is 9.96. The molecule has 1 saturated carbocycles. The van der Waals surface area contributed by atoms with Crippen LogP contribution in [0, 0.1) is 17.6 Å². The van der Waals surface area contributed by atoms with Crippen LogP contribution < -0.4 is 5.32 Å². The van der Waals surface area contributed by atoms with Gasteiger partial charge in [-0.25, -0.2) is 13.6 Å². The van der Waals surface area contributed by atoms with Crippen LogP contribution in [0.2, 0.25) is 0 Å². The van der Waals surface area contributed by atoms with E-state index in [0.29, 0.717) is 18.5 Å². The Morgan fingerprint density at radius 1 is 0.912 bits per heavy atom. The van der Waals surface area contributed by atoms with Gasteiger partial charge in [-0.3, -0.25) is 14.6 Å². The molecule has 2 aliphatic heterocycles. The molecule has 3 fully saturated rings. The average molecular weight is 468 g/mol. The zero-order valence-electron chi connectivity index (χ0n) is 19.3. The van der Waals surface area contributed by atoms with Gasteiger partial charge in [-0.2, -0.15) is 0 Å². The molecule has 0 aromatic heterocycles. The predicted molar refractivity (Wildman–Crippen MR) is 125 cm³/mol. The first-order valence-corrected chi connectivity index (χ1v) is 12.3. The fourth-order valence-electron chi connectivity index (χ4n) is 6.02. The van der Waals surface area contributed by atoms with Crippen LogP contribution in [0.4, 0.5) is 13.6 Å². The fourth-order valence-corrected chi connectivity index (χ4v) is 6.02. The lowest BCUT2D eigenvalue weighted by Gasteiger charge is -2.41. The lowest BCUT2D eigenvalue weighted by Crippen LogP contribution is -2.57. The lowest BCUT2D eigenvalue weighted by atomic mass is 9.73. The molecule has 0 bridgehead atoms. The fraction of sp³-hybridized carbons (Fsp3) is 0.481. The third-order valence-corrected chi connectivity index (χ3v) is 7.87. The van der Waals surface area contributed by atoms with Gasteiger partial charge in [0, 0.05) is 24.6 Å². The molecule has 2 heterocycles. The van der Waals surface area contributed by atoms with E-state index in [0.717, 1.165) is 57.2 Å². The molecule has 180 valence electrons. The monoisotopic (exact) mass is 467 g/mol. The smallest absolute Gasteiger partial charge is 0.322 e. The predicted octanol–water partition coefficient (Wildman–Crippen LogP) is 4.65. The number of likely N-dealkylation sites (tertiary alicyclic amines) is 1. The zero-order valence-corrected chi connectivity index (χ0v) is 19.3. The minimum atomic E-state index is -1.03. The molecule has 3 aliphatic rings. The summed E-state index contributed by atoms with van der Waals surface area (Å²) >= 11 is 0. The summed E-state index contributed by atoms with van der Waals surface area (Å²) in [6.45, 7) is 1.96. The molecule has 0 unspecified atom stereocenters. The van der Waals surface area contributed by atoms with E-state index >= 15 is 0 Å². The van der Waals surface area contributed by atoms with Crippen molar-refractivity contribution in [1.29, 1.82) is 0 Å². The molecule has 7 heteroatoms. The Balaban J connectivity index is 1.37. The Morgan fingerprint density at radius 2 is 1.59 bits per heavy atom. The number of amides is 3. The third kappa shape index (κ3) is 4.33. The highest BCUT2D eigenvalue weighted by Crippen LogP contribution is 2.39. The van der Waals surface area contributed by atoms with Gasteiger partial charge in [0.05, 0.1) is 0 Å². The SMILES string of the molecule is O=C1N[C@](Cc2ccc(F)cc2)(C2CCN(Cc3ccccc3F)CC2)C(=O)N1C1CCCC1. The van der Waals surface area contributed by atoms with Gasteiger partial charge in [-0.1, -0.05) is 43.2 Å². The Labute approximate surface area is 199 Å². The van der Waals surface area contributed by atoms with Gasteiger partial charge in [0.15, 0.2) is 0 Å². The highest BCUT2D eigenvalue weighted by atomic mass is 19.1. The number of benzene rings is 2. The quantitative estimate of drug-likeness (QED) is 0.629. The van der Waals surface area contributed by atoms with Crippen molar-refractivity contribution in [3.8, 4) is 0 Å². The van der Waals surface area contributed by atoms with Crippen molar-refractivity contribution < 1.29 is 18.4 Å². The first-order valence-electron chi connectivity index (χ1n) is 12.3. The maximum atomic E-state index is 14.1. The highest BCUT2D eigenvalue weighted by Gasteiger charge is 2.57. The molecule has 0 radical (unpaired) electrons.